The topological polar surface area (TPSA) is 83.8 Å². The van der Waals surface area contributed by atoms with Gasteiger partial charge in [-0.15, -0.1) is 0 Å². The summed E-state index contributed by atoms with van der Waals surface area (Å²) in [5, 5.41) is 5.69. The zero-order chi connectivity index (χ0) is 24.5. The van der Waals surface area contributed by atoms with Crippen molar-refractivity contribution in [1.29, 1.82) is 0 Å². The van der Waals surface area contributed by atoms with Crippen molar-refractivity contribution >= 4 is 45.9 Å². The van der Waals surface area contributed by atoms with E-state index in [-0.39, 0.29) is 18.4 Å². The van der Waals surface area contributed by atoms with Crippen LogP contribution in [0.4, 0.5) is 0 Å². The van der Waals surface area contributed by atoms with Gasteiger partial charge in [-0.05, 0) is 42.8 Å². The second-order valence-corrected chi connectivity index (χ2v) is 8.70. The number of carbonyl (C=O) groups is 3. The summed E-state index contributed by atoms with van der Waals surface area (Å²) in [5.74, 6) is -1.15. The fourth-order valence-electron chi connectivity index (χ4n) is 4.22. The highest BCUT2D eigenvalue weighted by molar-refractivity contribution is 6.31. The summed E-state index contributed by atoms with van der Waals surface area (Å²) in [6, 6.07) is 23.7. The fourth-order valence-corrected chi connectivity index (χ4v) is 4.41. The monoisotopic (exact) mass is 484 g/mol. The first kappa shape index (κ1) is 22.6. The molecular weight excluding hydrogens is 464 g/mol. The molecule has 0 bridgehead atoms. The molecule has 174 valence electrons. The number of benzene rings is 3. The van der Waals surface area contributed by atoms with Gasteiger partial charge in [0, 0.05) is 22.5 Å². The molecule has 3 amide bonds. The molecule has 1 N–H and O–H groups in total. The Labute approximate surface area is 206 Å². The first-order valence-corrected chi connectivity index (χ1v) is 11.4. The highest BCUT2D eigenvalue weighted by Gasteiger charge is 2.35. The van der Waals surface area contributed by atoms with Crippen LogP contribution in [-0.4, -0.2) is 39.4 Å². The number of halogens is 1. The normalized spacial score (nSPS) is 13.4. The molecule has 0 aliphatic carbocycles. The van der Waals surface area contributed by atoms with E-state index < -0.39 is 5.91 Å². The van der Waals surface area contributed by atoms with Gasteiger partial charge in [0.1, 0.15) is 5.69 Å². The zero-order valence-corrected chi connectivity index (χ0v) is 19.6. The Kier molecular flexibility index (Phi) is 5.93. The number of rotatable bonds is 6. The number of carbonyl (C=O) groups excluding carboxylic acids is 3. The number of fused-ring (bicyclic) bond motifs is 2. The second-order valence-electron chi connectivity index (χ2n) is 8.30. The second kappa shape index (κ2) is 9.19. The van der Waals surface area contributed by atoms with Gasteiger partial charge in [-0.25, -0.2) is 5.43 Å². The molecule has 0 spiro atoms. The van der Waals surface area contributed by atoms with Gasteiger partial charge in [0.2, 0.25) is 0 Å². The maximum absolute atomic E-state index is 13.1. The number of nitrogens with one attached hydrogen (secondary N) is 1. The highest BCUT2D eigenvalue weighted by Crippen LogP contribution is 2.25. The molecule has 8 heteroatoms. The number of imide groups is 1. The first-order valence-electron chi connectivity index (χ1n) is 11.0. The number of aromatic nitrogens is 1. The van der Waals surface area contributed by atoms with Crippen molar-refractivity contribution in [1.82, 2.24) is 14.9 Å². The SMILES string of the molecule is C/C(CN1C(=O)c2ccccc2C1=O)=N\NC(=O)c1cc2ccccc2n1Cc1ccccc1Cl. The Bertz CT molecular complexity index is 1490. The molecule has 1 aliphatic rings. The minimum absolute atomic E-state index is 0.0186. The lowest BCUT2D eigenvalue weighted by atomic mass is 10.1. The van der Waals surface area contributed by atoms with Crippen molar-refractivity contribution in [3.63, 3.8) is 0 Å². The van der Waals surface area contributed by atoms with Crippen LogP contribution in [-0.2, 0) is 6.54 Å². The molecule has 1 aliphatic heterocycles. The number of amides is 3. The lowest BCUT2D eigenvalue weighted by molar-refractivity contribution is 0.0677. The predicted molar refractivity (Wildman–Crippen MR) is 135 cm³/mol. The molecule has 0 atom stereocenters. The summed E-state index contributed by atoms with van der Waals surface area (Å²) in [7, 11) is 0. The third-order valence-corrected chi connectivity index (χ3v) is 6.31. The van der Waals surface area contributed by atoms with Crippen LogP contribution in [0.25, 0.3) is 10.9 Å². The minimum Gasteiger partial charge on any atom is -0.332 e. The van der Waals surface area contributed by atoms with E-state index in [0.29, 0.717) is 34.1 Å². The molecule has 0 saturated carbocycles. The zero-order valence-electron chi connectivity index (χ0n) is 18.9. The number of hydrogen-bond acceptors (Lipinski definition) is 4. The molecule has 0 unspecified atom stereocenters. The van der Waals surface area contributed by atoms with Gasteiger partial charge in [0.05, 0.1) is 23.4 Å². The summed E-state index contributed by atoms with van der Waals surface area (Å²) in [6.45, 7) is 2.05. The van der Waals surface area contributed by atoms with Gasteiger partial charge in [0.25, 0.3) is 17.7 Å². The van der Waals surface area contributed by atoms with Crippen LogP contribution in [0.5, 0.6) is 0 Å². The van der Waals surface area contributed by atoms with Gasteiger partial charge < -0.3 is 4.57 Å². The van der Waals surface area contributed by atoms with Crippen LogP contribution in [0.1, 0.15) is 43.7 Å². The van der Waals surface area contributed by atoms with Crippen LogP contribution in [0, 0.1) is 0 Å². The van der Waals surface area contributed by atoms with Gasteiger partial charge in [0.15, 0.2) is 0 Å². The minimum atomic E-state index is -0.407. The lowest BCUT2D eigenvalue weighted by Gasteiger charge is -2.14. The number of nitrogens with zero attached hydrogens (tertiary/aromatic N) is 3. The molecular formula is C27H21ClN4O3. The third-order valence-electron chi connectivity index (χ3n) is 5.94. The molecule has 2 heterocycles. The van der Waals surface area contributed by atoms with Crippen molar-refractivity contribution < 1.29 is 14.4 Å². The molecule has 35 heavy (non-hydrogen) atoms. The Balaban J connectivity index is 1.37. The summed E-state index contributed by atoms with van der Waals surface area (Å²) in [5.41, 5.74) is 5.93. The van der Waals surface area contributed by atoms with Crippen molar-refractivity contribution in [3.8, 4) is 0 Å². The lowest BCUT2D eigenvalue weighted by Crippen LogP contribution is -2.35. The van der Waals surface area contributed by atoms with E-state index in [1.165, 1.54) is 0 Å². The highest BCUT2D eigenvalue weighted by atomic mass is 35.5. The average molecular weight is 485 g/mol. The third kappa shape index (κ3) is 4.22. The standard InChI is InChI=1S/C27H21ClN4O3/c1-17(15-32-26(34)20-10-4-5-11-21(20)27(32)35)29-30-25(33)24-14-18-8-3-7-13-23(18)31(24)16-19-9-2-6-12-22(19)28/h2-14H,15-16H2,1H3,(H,30,33)/b29-17+. The van der Waals surface area contributed by atoms with Crippen LogP contribution in [0.3, 0.4) is 0 Å². The Morgan fingerprint density at radius 3 is 2.26 bits per heavy atom. The maximum Gasteiger partial charge on any atom is 0.288 e. The number of para-hydroxylation sites is 1. The Morgan fingerprint density at radius 2 is 1.54 bits per heavy atom. The van der Waals surface area contributed by atoms with Crippen LogP contribution in [0.15, 0.2) is 84.0 Å². The van der Waals surface area contributed by atoms with E-state index >= 15 is 0 Å². The van der Waals surface area contributed by atoms with Gasteiger partial charge in [-0.3, -0.25) is 19.3 Å². The Morgan fingerprint density at radius 1 is 0.914 bits per heavy atom. The summed E-state index contributed by atoms with van der Waals surface area (Å²) < 4.78 is 1.89. The van der Waals surface area contributed by atoms with Crippen LogP contribution < -0.4 is 5.43 Å². The maximum atomic E-state index is 13.1. The van der Waals surface area contributed by atoms with Crippen molar-refractivity contribution in [2.24, 2.45) is 5.10 Å². The van der Waals surface area contributed by atoms with Gasteiger partial charge in [-0.2, -0.15) is 5.10 Å². The van der Waals surface area contributed by atoms with E-state index in [2.05, 4.69) is 10.5 Å². The molecule has 0 radical (unpaired) electrons. The number of hydrogen-bond donors (Lipinski definition) is 1. The van der Waals surface area contributed by atoms with E-state index in [4.69, 9.17) is 11.6 Å². The van der Waals surface area contributed by atoms with Gasteiger partial charge in [-0.1, -0.05) is 60.1 Å². The van der Waals surface area contributed by atoms with E-state index in [1.807, 2.05) is 53.1 Å². The first-order chi connectivity index (χ1) is 16.9. The molecule has 7 nitrogen and oxygen atoms in total. The largest absolute Gasteiger partial charge is 0.332 e. The van der Waals surface area contributed by atoms with Gasteiger partial charge >= 0.3 is 0 Å². The summed E-state index contributed by atoms with van der Waals surface area (Å²) in [6.07, 6.45) is 0. The van der Waals surface area contributed by atoms with Crippen molar-refractivity contribution in [2.75, 3.05) is 6.54 Å². The van der Waals surface area contributed by atoms with Crippen molar-refractivity contribution in [3.05, 3.63) is 106 Å². The fraction of sp³-hybridized carbons (Fsp3) is 0.111. The number of hydrazone groups is 1. The van der Waals surface area contributed by atoms with Crippen LogP contribution >= 0.6 is 11.6 Å². The predicted octanol–water partition coefficient (Wildman–Crippen LogP) is 4.74. The van der Waals surface area contributed by atoms with Crippen molar-refractivity contribution in [2.45, 2.75) is 13.5 Å². The molecule has 5 rings (SSSR count). The molecule has 0 saturated heterocycles. The molecule has 0 fully saturated rings. The molecule has 3 aromatic carbocycles. The van der Waals surface area contributed by atoms with E-state index in [9.17, 15) is 14.4 Å². The average Bonchev–Trinajstić information content (AvgIpc) is 3.35. The van der Waals surface area contributed by atoms with E-state index in [0.717, 1.165) is 21.4 Å². The molecule has 4 aromatic rings. The quantitative estimate of drug-likeness (QED) is 0.243. The van der Waals surface area contributed by atoms with E-state index in [1.54, 1.807) is 37.3 Å². The summed E-state index contributed by atoms with van der Waals surface area (Å²) >= 11 is 6.37. The Hall–Kier alpha value is -4.23. The smallest absolute Gasteiger partial charge is 0.288 e. The van der Waals surface area contributed by atoms with Crippen LogP contribution in [0.2, 0.25) is 5.02 Å². The summed E-state index contributed by atoms with van der Waals surface area (Å²) in [4.78, 5) is 39.5. The molecule has 1 aromatic heterocycles.